The number of anilines is 1. The van der Waals surface area contributed by atoms with Gasteiger partial charge in [-0.15, -0.1) is 23.2 Å². The zero-order chi connectivity index (χ0) is 26.4. The number of fused-ring (bicyclic) bond motifs is 5. The number of hydrogen-bond acceptors (Lipinski definition) is 6. The molecule has 6 atom stereocenters. The van der Waals surface area contributed by atoms with E-state index < -0.39 is 36.2 Å². The zero-order valence-corrected chi connectivity index (χ0v) is 22.1. The van der Waals surface area contributed by atoms with Crippen molar-refractivity contribution in [3.05, 3.63) is 64.1 Å². The summed E-state index contributed by atoms with van der Waals surface area (Å²) in [5, 5.41) is -0.728. The third-order valence-electron chi connectivity index (χ3n) is 7.08. The van der Waals surface area contributed by atoms with Crippen LogP contribution in [-0.2, 0) is 19.1 Å². The van der Waals surface area contributed by atoms with Crippen molar-refractivity contribution in [3.63, 3.8) is 0 Å². The van der Waals surface area contributed by atoms with Crippen LogP contribution >= 0.6 is 39.1 Å². The molecule has 2 aromatic carbocycles. The zero-order valence-electron chi connectivity index (χ0n) is 19.0. The third-order valence-corrected chi connectivity index (χ3v) is 8.93. The second kappa shape index (κ2) is 10.1. The van der Waals surface area contributed by atoms with Gasteiger partial charge in [0.2, 0.25) is 11.8 Å². The lowest BCUT2D eigenvalue weighted by Crippen LogP contribution is -2.43. The van der Waals surface area contributed by atoms with Gasteiger partial charge in [-0.25, -0.2) is 4.79 Å². The van der Waals surface area contributed by atoms with Crippen LogP contribution in [0.3, 0.4) is 0 Å². The summed E-state index contributed by atoms with van der Waals surface area (Å²) in [6.07, 6.45) is 0.654. The molecule has 2 aromatic rings. The molecule has 1 saturated heterocycles. The van der Waals surface area contributed by atoms with Gasteiger partial charge < -0.3 is 4.74 Å². The molecule has 9 nitrogen and oxygen atoms in total. The molecule has 3 aliphatic rings. The summed E-state index contributed by atoms with van der Waals surface area (Å²) in [5.41, 5.74) is 5.01. The van der Waals surface area contributed by atoms with Gasteiger partial charge in [0.05, 0.1) is 33.8 Å². The second-order valence-corrected chi connectivity index (χ2v) is 11.1. The van der Waals surface area contributed by atoms with Gasteiger partial charge in [-0.1, -0.05) is 22.0 Å². The van der Waals surface area contributed by atoms with E-state index in [2.05, 4.69) is 26.8 Å². The average molecular weight is 609 g/mol. The minimum atomic E-state index is -0.836. The summed E-state index contributed by atoms with van der Waals surface area (Å²) in [4.78, 5) is 64.1. The highest BCUT2D eigenvalue weighted by Crippen LogP contribution is 2.59. The fourth-order valence-corrected chi connectivity index (χ4v) is 6.58. The molecule has 5 rings (SSSR count). The molecule has 4 amide bonds. The Kier molecular flexibility index (Phi) is 6.99. The molecule has 2 N–H and O–H groups in total. The number of amides is 4. The van der Waals surface area contributed by atoms with Crippen molar-refractivity contribution in [2.45, 2.75) is 17.2 Å². The number of benzene rings is 2. The molecule has 0 radical (unpaired) electrons. The van der Waals surface area contributed by atoms with Crippen LogP contribution in [0.4, 0.5) is 5.69 Å². The average Bonchev–Trinajstić information content (AvgIpc) is 3.51. The van der Waals surface area contributed by atoms with Gasteiger partial charge in [0.25, 0.3) is 11.8 Å². The predicted molar refractivity (Wildman–Crippen MR) is 137 cm³/mol. The first-order valence-corrected chi connectivity index (χ1v) is 13.1. The Hall–Kier alpha value is -2.95. The quantitative estimate of drug-likeness (QED) is 0.233. The predicted octanol–water partition coefficient (Wildman–Crippen LogP) is 3.04. The summed E-state index contributed by atoms with van der Waals surface area (Å²) in [5.74, 6) is -4.16. The number of rotatable bonds is 5. The minimum Gasteiger partial charge on any atom is -0.452 e. The van der Waals surface area contributed by atoms with Crippen molar-refractivity contribution in [2.24, 2.45) is 23.7 Å². The Bertz CT molecular complexity index is 1270. The molecule has 2 aliphatic carbocycles. The number of nitrogens with zero attached hydrogens (tertiary/aromatic N) is 1. The lowest BCUT2D eigenvalue weighted by atomic mass is 9.80. The number of esters is 1. The molecule has 2 saturated carbocycles. The first kappa shape index (κ1) is 25.7. The monoisotopic (exact) mass is 607 g/mol. The van der Waals surface area contributed by atoms with Crippen LogP contribution < -0.4 is 15.8 Å². The Morgan fingerprint density at radius 3 is 2.16 bits per heavy atom. The van der Waals surface area contributed by atoms with Gasteiger partial charge in [-0.05, 0) is 60.7 Å². The maximum atomic E-state index is 13.2. The number of nitrogens with one attached hydrogen (secondary N) is 2. The second-order valence-electron chi connectivity index (χ2n) is 9.15. The van der Waals surface area contributed by atoms with Crippen molar-refractivity contribution in [1.82, 2.24) is 10.9 Å². The number of carbonyl (C=O) groups is 5. The molecule has 12 heteroatoms. The molecular weight excluding hydrogens is 589 g/mol. The van der Waals surface area contributed by atoms with E-state index in [4.69, 9.17) is 27.9 Å². The van der Waals surface area contributed by atoms with Crippen molar-refractivity contribution in [2.75, 3.05) is 11.5 Å². The van der Waals surface area contributed by atoms with Crippen molar-refractivity contribution in [3.8, 4) is 0 Å². The number of ether oxygens (including phenoxy) is 1. The number of carbonyl (C=O) groups excluding carboxylic acids is 5. The van der Waals surface area contributed by atoms with Crippen molar-refractivity contribution < 1.29 is 28.7 Å². The number of hydrazine groups is 1. The highest BCUT2D eigenvalue weighted by atomic mass is 79.9. The third kappa shape index (κ3) is 4.62. The normalized spacial score (nSPS) is 27.7. The van der Waals surface area contributed by atoms with Gasteiger partial charge >= 0.3 is 5.97 Å². The number of halogens is 3. The molecule has 3 fully saturated rings. The Labute approximate surface area is 229 Å². The van der Waals surface area contributed by atoms with Crippen LogP contribution in [0.2, 0.25) is 0 Å². The van der Waals surface area contributed by atoms with Gasteiger partial charge in [-0.2, -0.15) is 0 Å². The summed E-state index contributed by atoms with van der Waals surface area (Å²) < 4.78 is 5.83. The number of alkyl halides is 2. The van der Waals surface area contributed by atoms with E-state index in [9.17, 15) is 24.0 Å². The Morgan fingerprint density at radius 2 is 1.54 bits per heavy atom. The molecule has 0 aromatic heterocycles. The topological polar surface area (TPSA) is 122 Å². The SMILES string of the molecule is O=C(COC(=O)c1cccc(N2C(=O)[C@@H]3[C@H]4C[C@@H]([C@H](Cl)[C@@H]4Cl)[C@@H]3C2=O)c1)NNC(=O)c1ccc(Br)cc1. The molecule has 192 valence electrons. The van der Waals surface area contributed by atoms with Crippen molar-refractivity contribution in [1.29, 1.82) is 0 Å². The number of imide groups is 1. The fourth-order valence-electron chi connectivity index (χ4n) is 5.43. The van der Waals surface area contributed by atoms with Gasteiger partial charge in [-0.3, -0.25) is 34.9 Å². The van der Waals surface area contributed by atoms with E-state index in [0.29, 0.717) is 12.0 Å². The van der Waals surface area contributed by atoms with E-state index in [1.54, 1.807) is 30.3 Å². The summed E-state index contributed by atoms with van der Waals surface area (Å²) in [6, 6.07) is 12.4. The van der Waals surface area contributed by atoms with E-state index in [-0.39, 0.29) is 45.7 Å². The highest BCUT2D eigenvalue weighted by Gasteiger charge is 2.66. The summed E-state index contributed by atoms with van der Waals surface area (Å²) in [7, 11) is 0. The smallest absolute Gasteiger partial charge is 0.338 e. The first-order valence-electron chi connectivity index (χ1n) is 11.4. The first-order chi connectivity index (χ1) is 17.7. The maximum absolute atomic E-state index is 13.2. The maximum Gasteiger partial charge on any atom is 0.338 e. The van der Waals surface area contributed by atoms with Crippen LogP contribution in [0.1, 0.15) is 27.1 Å². The molecule has 2 bridgehead atoms. The highest BCUT2D eigenvalue weighted by molar-refractivity contribution is 9.10. The molecule has 1 heterocycles. The van der Waals surface area contributed by atoms with Crippen LogP contribution in [0.5, 0.6) is 0 Å². The summed E-state index contributed by atoms with van der Waals surface area (Å²) in [6.45, 7) is -0.660. The van der Waals surface area contributed by atoms with Gasteiger partial charge in [0, 0.05) is 10.0 Å². The van der Waals surface area contributed by atoms with Crippen LogP contribution in [0.15, 0.2) is 53.0 Å². The molecule has 0 unspecified atom stereocenters. The molecular formula is C25H20BrCl2N3O6. The van der Waals surface area contributed by atoms with Crippen molar-refractivity contribution >= 4 is 74.4 Å². The number of hydrogen-bond donors (Lipinski definition) is 2. The summed E-state index contributed by atoms with van der Waals surface area (Å²) >= 11 is 16.1. The Balaban J connectivity index is 1.19. The largest absolute Gasteiger partial charge is 0.452 e. The molecule has 37 heavy (non-hydrogen) atoms. The van der Waals surface area contributed by atoms with Crippen LogP contribution in [-0.4, -0.2) is 47.0 Å². The molecule has 0 spiro atoms. The van der Waals surface area contributed by atoms with Crippen LogP contribution in [0, 0.1) is 23.7 Å². The van der Waals surface area contributed by atoms with Gasteiger partial charge in [0.1, 0.15) is 0 Å². The van der Waals surface area contributed by atoms with Gasteiger partial charge in [0.15, 0.2) is 6.61 Å². The van der Waals surface area contributed by atoms with E-state index in [1.807, 2.05) is 0 Å². The minimum absolute atomic E-state index is 0.0512. The van der Waals surface area contributed by atoms with E-state index >= 15 is 0 Å². The van der Waals surface area contributed by atoms with E-state index in [0.717, 1.165) is 9.37 Å². The lowest BCUT2D eigenvalue weighted by molar-refractivity contribution is -0.125. The van der Waals surface area contributed by atoms with Crippen LogP contribution in [0.25, 0.3) is 0 Å². The molecule has 1 aliphatic heterocycles. The fraction of sp³-hybridized carbons (Fsp3) is 0.320. The lowest BCUT2D eigenvalue weighted by Gasteiger charge is -2.28. The van der Waals surface area contributed by atoms with E-state index in [1.165, 1.54) is 18.2 Å². The Morgan fingerprint density at radius 1 is 0.919 bits per heavy atom. The standard InChI is InChI=1S/C25H20BrCl2N3O6/c26-13-6-4-11(5-7-13)22(33)30-29-17(32)10-37-25(36)12-2-1-3-14(8-12)31-23(34)18-15-9-16(19(18)24(31)35)21(28)20(15)27/h1-8,15-16,18-21H,9-10H2,(H,29,32)(H,30,33)/t15-,16-,18-,19+,20-,21+/m1/s1.